The lowest BCUT2D eigenvalue weighted by Crippen LogP contribution is -2.27. The smallest absolute Gasteiger partial charge is 0.360 e. The van der Waals surface area contributed by atoms with Crippen molar-refractivity contribution in [3.8, 4) is 0 Å². The van der Waals surface area contributed by atoms with E-state index in [1.807, 2.05) is 30.3 Å². The molecular weight excluding hydrogens is 296 g/mol. The second-order valence-corrected chi connectivity index (χ2v) is 4.85. The third-order valence-electron chi connectivity index (χ3n) is 3.27. The Balaban J connectivity index is 2.42. The summed E-state index contributed by atoms with van der Waals surface area (Å²) in [6.07, 6.45) is 0. The predicted octanol–water partition coefficient (Wildman–Crippen LogP) is 2.17. The first-order valence-electron chi connectivity index (χ1n) is 7.33. The summed E-state index contributed by atoms with van der Waals surface area (Å²) in [5.74, 6) is 0.376. The molecule has 0 radical (unpaired) electrons. The highest BCUT2D eigenvalue weighted by molar-refractivity contribution is 5.98. The number of imidazole rings is 1. The molecule has 2 N–H and O–H groups in total. The van der Waals surface area contributed by atoms with Crippen molar-refractivity contribution in [2.45, 2.75) is 20.4 Å². The van der Waals surface area contributed by atoms with Crippen LogP contribution in [0.3, 0.4) is 0 Å². The van der Waals surface area contributed by atoms with Gasteiger partial charge < -0.3 is 14.6 Å². The number of nitrogens with zero attached hydrogens (tertiary/aromatic N) is 2. The average Bonchev–Trinajstić information content (AvgIpc) is 2.85. The molecule has 2 rings (SSSR count). The maximum atomic E-state index is 12.1. The molecule has 7 nitrogen and oxygen atoms in total. The van der Waals surface area contributed by atoms with Gasteiger partial charge in [0.1, 0.15) is 11.6 Å². The summed E-state index contributed by atoms with van der Waals surface area (Å²) in [6, 6.07) is 9.29. The Labute approximate surface area is 134 Å². The number of amides is 2. The van der Waals surface area contributed by atoms with Crippen molar-refractivity contribution in [1.82, 2.24) is 14.9 Å². The third kappa shape index (κ3) is 3.88. The number of urea groups is 1. The minimum absolute atomic E-state index is 0.101. The molecule has 0 bridgehead atoms. The highest BCUT2D eigenvalue weighted by atomic mass is 16.5. The number of aromatic nitrogens is 2. The summed E-state index contributed by atoms with van der Waals surface area (Å²) in [5, 5.41) is 5.13. The van der Waals surface area contributed by atoms with E-state index in [1.54, 1.807) is 18.4 Å². The van der Waals surface area contributed by atoms with Gasteiger partial charge in [0.05, 0.1) is 13.2 Å². The maximum absolute atomic E-state index is 12.1. The lowest BCUT2D eigenvalue weighted by atomic mass is 10.2. The van der Waals surface area contributed by atoms with Gasteiger partial charge in [-0.1, -0.05) is 30.3 Å². The maximum Gasteiger partial charge on any atom is 0.360 e. The topological polar surface area (TPSA) is 85.2 Å². The van der Waals surface area contributed by atoms with Crippen molar-refractivity contribution >= 4 is 17.8 Å². The molecular formula is C16H20N4O3. The second kappa shape index (κ2) is 7.44. The first-order valence-corrected chi connectivity index (χ1v) is 7.33. The zero-order valence-corrected chi connectivity index (χ0v) is 13.4. The van der Waals surface area contributed by atoms with Crippen LogP contribution in [0.5, 0.6) is 0 Å². The zero-order chi connectivity index (χ0) is 16.8. The number of aryl methyl sites for hydroxylation is 1. The number of carbonyl (C=O) groups is 2. The van der Waals surface area contributed by atoms with Gasteiger partial charge in [0.25, 0.3) is 0 Å². The Morgan fingerprint density at radius 3 is 2.57 bits per heavy atom. The summed E-state index contributed by atoms with van der Waals surface area (Å²) < 4.78 is 6.79. The van der Waals surface area contributed by atoms with Gasteiger partial charge in [-0.25, -0.2) is 14.6 Å². The monoisotopic (exact) mass is 316 g/mol. The average molecular weight is 316 g/mol. The first-order chi connectivity index (χ1) is 11.1. The van der Waals surface area contributed by atoms with Crippen molar-refractivity contribution in [3.63, 3.8) is 0 Å². The fourth-order valence-electron chi connectivity index (χ4n) is 2.16. The Morgan fingerprint density at radius 2 is 1.96 bits per heavy atom. The van der Waals surface area contributed by atoms with E-state index in [2.05, 4.69) is 15.6 Å². The van der Waals surface area contributed by atoms with Gasteiger partial charge in [-0.15, -0.1) is 0 Å². The summed E-state index contributed by atoms with van der Waals surface area (Å²) >= 11 is 0. The standard InChI is InChI=1S/C16H20N4O3/c1-4-23-15(21)13-14(19-16(22)17-3)20(11(2)18-13)10-12-8-6-5-7-9-12/h5-9H,4,10H2,1-3H3,(H2,17,19,22). The van der Waals surface area contributed by atoms with Gasteiger partial charge in [0.15, 0.2) is 5.69 Å². The Morgan fingerprint density at radius 1 is 1.26 bits per heavy atom. The highest BCUT2D eigenvalue weighted by Crippen LogP contribution is 2.21. The lowest BCUT2D eigenvalue weighted by Gasteiger charge is -2.12. The van der Waals surface area contributed by atoms with E-state index in [4.69, 9.17) is 4.74 Å². The Hall–Kier alpha value is -2.83. The SMILES string of the molecule is CCOC(=O)c1nc(C)n(Cc2ccccc2)c1NC(=O)NC. The number of nitrogens with one attached hydrogen (secondary N) is 2. The van der Waals surface area contributed by atoms with Gasteiger partial charge >= 0.3 is 12.0 Å². The molecule has 0 aliphatic heterocycles. The van der Waals surface area contributed by atoms with Crippen molar-refractivity contribution in [2.24, 2.45) is 0 Å². The number of carbonyl (C=O) groups excluding carboxylic acids is 2. The fraction of sp³-hybridized carbons (Fsp3) is 0.312. The van der Waals surface area contributed by atoms with E-state index >= 15 is 0 Å². The van der Waals surface area contributed by atoms with Crippen LogP contribution in [-0.4, -0.2) is 35.2 Å². The van der Waals surface area contributed by atoms with Crippen LogP contribution in [-0.2, 0) is 11.3 Å². The molecule has 0 saturated carbocycles. The van der Waals surface area contributed by atoms with Crippen molar-refractivity contribution in [3.05, 3.63) is 47.4 Å². The minimum Gasteiger partial charge on any atom is -0.461 e. The van der Waals surface area contributed by atoms with E-state index in [0.717, 1.165) is 5.56 Å². The molecule has 1 heterocycles. The third-order valence-corrected chi connectivity index (χ3v) is 3.27. The summed E-state index contributed by atoms with van der Waals surface area (Å²) in [4.78, 5) is 28.1. The van der Waals surface area contributed by atoms with Crippen LogP contribution in [0.25, 0.3) is 0 Å². The zero-order valence-electron chi connectivity index (χ0n) is 13.4. The lowest BCUT2D eigenvalue weighted by molar-refractivity contribution is 0.0521. The number of ether oxygens (including phenoxy) is 1. The normalized spacial score (nSPS) is 10.2. The van der Waals surface area contributed by atoms with Gasteiger partial charge in [0.2, 0.25) is 0 Å². The van der Waals surface area contributed by atoms with Gasteiger partial charge in [-0.3, -0.25) is 5.32 Å². The Kier molecular flexibility index (Phi) is 5.35. The number of esters is 1. The second-order valence-electron chi connectivity index (χ2n) is 4.85. The summed E-state index contributed by atoms with van der Waals surface area (Å²) in [5.41, 5.74) is 1.13. The van der Waals surface area contributed by atoms with E-state index < -0.39 is 12.0 Å². The van der Waals surface area contributed by atoms with Crippen LogP contribution in [0.4, 0.5) is 10.6 Å². The van der Waals surface area contributed by atoms with Crippen molar-refractivity contribution in [1.29, 1.82) is 0 Å². The molecule has 0 saturated heterocycles. The molecule has 1 aromatic heterocycles. The van der Waals surface area contributed by atoms with Crippen molar-refractivity contribution < 1.29 is 14.3 Å². The molecule has 0 unspecified atom stereocenters. The van der Waals surface area contributed by atoms with Gasteiger partial charge in [-0.2, -0.15) is 0 Å². The molecule has 2 amide bonds. The summed E-state index contributed by atoms with van der Waals surface area (Å²) in [6.45, 7) is 4.22. The molecule has 0 aliphatic rings. The van der Waals surface area contributed by atoms with E-state index in [0.29, 0.717) is 18.2 Å². The summed E-state index contributed by atoms with van der Waals surface area (Å²) in [7, 11) is 1.50. The quantitative estimate of drug-likeness (QED) is 0.828. The first kappa shape index (κ1) is 16.5. The Bertz CT molecular complexity index is 695. The van der Waals surface area contributed by atoms with Crippen LogP contribution < -0.4 is 10.6 Å². The van der Waals surface area contributed by atoms with Gasteiger partial charge in [0, 0.05) is 7.05 Å². The number of anilines is 1. The van der Waals surface area contributed by atoms with Crippen molar-refractivity contribution in [2.75, 3.05) is 19.0 Å². The number of hydrogen-bond donors (Lipinski definition) is 2. The van der Waals surface area contributed by atoms with E-state index in [1.165, 1.54) is 7.05 Å². The van der Waals surface area contributed by atoms with Gasteiger partial charge in [-0.05, 0) is 19.4 Å². The van der Waals surface area contributed by atoms with Crippen LogP contribution in [0.15, 0.2) is 30.3 Å². The molecule has 0 spiro atoms. The highest BCUT2D eigenvalue weighted by Gasteiger charge is 2.23. The molecule has 0 fully saturated rings. The van der Waals surface area contributed by atoms with Crippen LogP contribution >= 0.6 is 0 Å². The molecule has 1 aromatic carbocycles. The molecule has 0 atom stereocenters. The number of benzene rings is 1. The molecule has 0 aliphatic carbocycles. The minimum atomic E-state index is -0.561. The molecule has 23 heavy (non-hydrogen) atoms. The van der Waals surface area contributed by atoms with Crippen LogP contribution in [0, 0.1) is 6.92 Å². The number of hydrogen-bond acceptors (Lipinski definition) is 4. The molecule has 122 valence electrons. The molecule has 7 heteroatoms. The fourth-order valence-corrected chi connectivity index (χ4v) is 2.16. The van der Waals surface area contributed by atoms with Crippen LogP contribution in [0.2, 0.25) is 0 Å². The predicted molar refractivity (Wildman–Crippen MR) is 86.5 cm³/mol. The molecule has 2 aromatic rings. The van der Waals surface area contributed by atoms with E-state index in [-0.39, 0.29) is 12.3 Å². The van der Waals surface area contributed by atoms with E-state index in [9.17, 15) is 9.59 Å². The number of rotatable bonds is 5. The van der Waals surface area contributed by atoms with Crippen LogP contribution in [0.1, 0.15) is 28.8 Å². The largest absolute Gasteiger partial charge is 0.461 e.